The fraction of sp³-hybridized carbons (Fsp3) is 0.158. The lowest BCUT2D eigenvalue weighted by molar-refractivity contribution is 0.0943. The number of hydrogen-bond acceptors (Lipinski definition) is 2. The van der Waals surface area contributed by atoms with Crippen molar-refractivity contribution in [2.24, 2.45) is 0 Å². The van der Waals surface area contributed by atoms with Crippen molar-refractivity contribution in [3.05, 3.63) is 64.6 Å². The molecule has 0 aliphatic rings. The molecule has 1 aromatic heterocycles. The smallest absolute Gasteiger partial charge is 0.251 e. The lowest BCUT2D eigenvalue weighted by Crippen LogP contribution is -2.30. The van der Waals surface area contributed by atoms with Crippen LogP contribution in [0.1, 0.15) is 24.2 Å². The van der Waals surface area contributed by atoms with Crippen LogP contribution in [-0.2, 0) is 0 Å². The van der Waals surface area contributed by atoms with Crippen molar-refractivity contribution in [1.29, 1.82) is 0 Å². The molecule has 0 saturated heterocycles. The van der Waals surface area contributed by atoms with E-state index in [1.807, 2.05) is 68.4 Å². The van der Waals surface area contributed by atoms with Crippen LogP contribution in [0.4, 0.5) is 0 Å². The summed E-state index contributed by atoms with van der Waals surface area (Å²) in [4.78, 5) is 12.2. The minimum Gasteiger partial charge on any atom is -0.350 e. The Hall–Kier alpha value is -2.40. The SMILES string of the molecule is CC(C)NC(=O)c1cccc(-c2cc(-c3ccc(Br)cc3)[nH]n2)c1. The van der Waals surface area contributed by atoms with E-state index in [2.05, 4.69) is 31.4 Å². The van der Waals surface area contributed by atoms with E-state index >= 15 is 0 Å². The van der Waals surface area contributed by atoms with E-state index in [-0.39, 0.29) is 11.9 Å². The first-order valence-corrected chi connectivity index (χ1v) is 8.55. The third-order valence-electron chi connectivity index (χ3n) is 3.57. The minimum atomic E-state index is -0.0736. The van der Waals surface area contributed by atoms with Crippen LogP contribution in [0.3, 0.4) is 0 Å². The highest BCUT2D eigenvalue weighted by Gasteiger charge is 2.10. The van der Waals surface area contributed by atoms with E-state index in [9.17, 15) is 4.79 Å². The van der Waals surface area contributed by atoms with Gasteiger partial charge in [0.15, 0.2) is 0 Å². The molecule has 122 valence electrons. The molecule has 3 rings (SSSR count). The van der Waals surface area contributed by atoms with Gasteiger partial charge in [-0.25, -0.2) is 0 Å². The van der Waals surface area contributed by atoms with Gasteiger partial charge in [0.05, 0.1) is 11.4 Å². The molecule has 0 unspecified atom stereocenters. The van der Waals surface area contributed by atoms with E-state index < -0.39 is 0 Å². The van der Waals surface area contributed by atoms with Gasteiger partial charge < -0.3 is 5.32 Å². The predicted molar refractivity (Wildman–Crippen MR) is 99.8 cm³/mol. The number of nitrogens with one attached hydrogen (secondary N) is 2. The maximum absolute atomic E-state index is 12.2. The number of H-pyrrole nitrogens is 1. The van der Waals surface area contributed by atoms with Crippen LogP contribution >= 0.6 is 15.9 Å². The average molecular weight is 384 g/mol. The first kappa shape index (κ1) is 16.5. The molecule has 1 amide bonds. The summed E-state index contributed by atoms with van der Waals surface area (Å²) in [5.41, 5.74) is 4.35. The Labute approximate surface area is 149 Å². The molecule has 0 saturated carbocycles. The molecule has 2 aromatic carbocycles. The summed E-state index contributed by atoms with van der Waals surface area (Å²) in [6.07, 6.45) is 0. The topological polar surface area (TPSA) is 57.8 Å². The Bertz CT molecular complexity index is 853. The molecule has 0 aliphatic heterocycles. The van der Waals surface area contributed by atoms with Gasteiger partial charge in [0.2, 0.25) is 0 Å². The Morgan fingerprint density at radius 3 is 2.54 bits per heavy atom. The van der Waals surface area contributed by atoms with Crippen molar-refractivity contribution < 1.29 is 4.79 Å². The molecule has 2 N–H and O–H groups in total. The summed E-state index contributed by atoms with van der Waals surface area (Å²) in [6.45, 7) is 3.89. The number of carbonyl (C=O) groups is 1. The number of amides is 1. The second-order valence-electron chi connectivity index (χ2n) is 5.88. The van der Waals surface area contributed by atoms with Crippen LogP contribution in [0.5, 0.6) is 0 Å². The highest BCUT2D eigenvalue weighted by Crippen LogP contribution is 2.25. The molecular weight excluding hydrogens is 366 g/mol. The minimum absolute atomic E-state index is 0.0736. The van der Waals surface area contributed by atoms with Crippen LogP contribution in [0.15, 0.2) is 59.1 Å². The maximum Gasteiger partial charge on any atom is 0.251 e. The highest BCUT2D eigenvalue weighted by atomic mass is 79.9. The predicted octanol–water partition coefficient (Wildman–Crippen LogP) is 4.64. The quantitative estimate of drug-likeness (QED) is 0.688. The summed E-state index contributed by atoms with van der Waals surface area (Å²) < 4.78 is 1.04. The molecule has 0 radical (unpaired) electrons. The number of halogens is 1. The Morgan fingerprint density at radius 1 is 1.08 bits per heavy atom. The van der Waals surface area contributed by atoms with Crippen molar-refractivity contribution in [2.75, 3.05) is 0 Å². The van der Waals surface area contributed by atoms with Crippen LogP contribution in [0.2, 0.25) is 0 Å². The standard InChI is InChI=1S/C19H18BrN3O/c1-12(2)21-19(24)15-5-3-4-14(10-15)18-11-17(22-23-18)13-6-8-16(20)9-7-13/h3-12H,1-2H3,(H,21,24)(H,22,23). The van der Waals surface area contributed by atoms with Crippen molar-refractivity contribution >= 4 is 21.8 Å². The van der Waals surface area contributed by atoms with Crippen molar-refractivity contribution in [1.82, 2.24) is 15.5 Å². The Morgan fingerprint density at radius 2 is 1.83 bits per heavy atom. The number of aromatic amines is 1. The second kappa shape index (κ2) is 7.01. The molecule has 3 aromatic rings. The van der Waals surface area contributed by atoms with E-state index in [0.29, 0.717) is 5.56 Å². The van der Waals surface area contributed by atoms with E-state index in [0.717, 1.165) is 27.0 Å². The third kappa shape index (κ3) is 3.74. The molecule has 0 bridgehead atoms. The van der Waals surface area contributed by atoms with Gasteiger partial charge in [0.1, 0.15) is 0 Å². The number of benzene rings is 2. The van der Waals surface area contributed by atoms with Gasteiger partial charge in [-0.05, 0) is 49.7 Å². The number of hydrogen-bond donors (Lipinski definition) is 2. The molecule has 1 heterocycles. The summed E-state index contributed by atoms with van der Waals surface area (Å²) in [5.74, 6) is -0.0736. The van der Waals surface area contributed by atoms with E-state index in [1.165, 1.54) is 0 Å². The normalized spacial score (nSPS) is 10.8. The summed E-state index contributed by atoms with van der Waals surface area (Å²) in [7, 11) is 0. The fourth-order valence-corrected chi connectivity index (χ4v) is 2.68. The van der Waals surface area contributed by atoms with Gasteiger partial charge in [-0.2, -0.15) is 5.10 Å². The number of aromatic nitrogens is 2. The average Bonchev–Trinajstić information content (AvgIpc) is 3.05. The molecule has 0 atom stereocenters. The van der Waals surface area contributed by atoms with Gasteiger partial charge in [0.25, 0.3) is 5.91 Å². The first-order chi connectivity index (χ1) is 11.5. The zero-order valence-corrected chi connectivity index (χ0v) is 15.1. The fourth-order valence-electron chi connectivity index (χ4n) is 2.41. The van der Waals surface area contributed by atoms with E-state index in [4.69, 9.17) is 0 Å². The zero-order chi connectivity index (χ0) is 17.1. The van der Waals surface area contributed by atoms with Crippen LogP contribution in [-0.4, -0.2) is 22.1 Å². The molecule has 0 aliphatic carbocycles. The van der Waals surface area contributed by atoms with Crippen LogP contribution < -0.4 is 5.32 Å². The molecular formula is C19H18BrN3O. The molecule has 5 heteroatoms. The molecule has 24 heavy (non-hydrogen) atoms. The highest BCUT2D eigenvalue weighted by molar-refractivity contribution is 9.10. The van der Waals surface area contributed by atoms with Crippen molar-refractivity contribution in [3.8, 4) is 22.5 Å². The number of rotatable bonds is 4. The lowest BCUT2D eigenvalue weighted by Gasteiger charge is -2.08. The monoisotopic (exact) mass is 383 g/mol. The number of carbonyl (C=O) groups excluding carboxylic acids is 1. The zero-order valence-electron chi connectivity index (χ0n) is 13.5. The van der Waals surface area contributed by atoms with Gasteiger partial charge in [0, 0.05) is 21.6 Å². The Kier molecular flexibility index (Phi) is 4.81. The van der Waals surface area contributed by atoms with Crippen molar-refractivity contribution in [3.63, 3.8) is 0 Å². The number of nitrogens with zero attached hydrogens (tertiary/aromatic N) is 1. The van der Waals surface area contributed by atoms with Gasteiger partial charge >= 0.3 is 0 Å². The van der Waals surface area contributed by atoms with Crippen LogP contribution in [0, 0.1) is 0 Å². The first-order valence-electron chi connectivity index (χ1n) is 7.75. The third-order valence-corrected chi connectivity index (χ3v) is 4.10. The van der Waals surface area contributed by atoms with Crippen LogP contribution in [0.25, 0.3) is 22.5 Å². The van der Waals surface area contributed by atoms with Gasteiger partial charge in [-0.1, -0.05) is 40.2 Å². The summed E-state index contributed by atoms with van der Waals surface area (Å²) >= 11 is 3.43. The maximum atomic E-state index is 12.2. The van der Waals surface area contributed by atoms with E-state index in [1.54, 1.807) is 0 Å². The lowest BCUT2D eigenvalue weighted by atomic mass is 10.1. The summed E-state index contributed by atoms with van der Waals surface area (Å²) in [5, 5.41) is 10.3. The molecule has 4 nitrogen and oxygen atoms in total. The summed E-state index contributed by atoms with van der Waals surface area (Å²) in [6, 6.07) is 17.6. The van der Waals surface area contributed by atoms with Gasteiger partial charge in [-0.3, -0.25) is 9.89 Å². The largest absolute Gasteiger partial charge is 0.350 e. The molecule has 0 spiro atoms. The van der Waals surface area contributed by atoms with Gasteiger partial charge in [-0.15, -0.1) is 0 Å². The second-order valence-corrected chi connectivity index (χ2v) is 6.80. The molecule has 0 fully saturated rings. The Balaban J connectivity index is 1.87. The van der Waals surface area contributed by atoms with Crippen molar-refractivity contribution in [2.45, 2.75) is 19.9 Å².